The first-order valence-corrected chi connectivity index (χ1v) is 7.27. The van der Waals surface area contributed by atoms with E-state index in [2.05, 4.69) is 40.8 Å². The van der Waals surface area contributed by atoms with Gasteiger partial charge in [0, 0.05) is 18.8 Å². The topological polar surface area (TPSA) is 55.6 Å². The van der Waals surface area contributed by atoms with Gasteiger partial charge in [-0.3, -0.25) is 4.79 Å². The van der Waals surface area contributed by atoms with Gasteiger partial charge in [0.2, 0.25) is 0 Å². The predicted octanol–water partition coefficient (Wildman–Crippen LogP) is 1.97. The van der Waals surface area contributed by atoms with Gasteiger partial charge in [0.15, 0.2) is 0 Å². The van der Waals surface area contributed by atoms with Gasteiger partial charge in [-0.05, 0) is 42.9 Å². The number of nitrogens with two attached hydrogens (primary N) is 1. The minimum Gasteiger partial charge on any atom is -0.468 e. The van der Waals surface area contributed by atoms with Crippen molar-refractivity contribution in [3.05, 3.63) is 29.8 Å². The van der Waals surface area contributed by atoms with Crippen LogP contribution in [0.15, 0.2) is 24.3 Å². The van der Waals surface area contributed by atoms with Crippen molar-refractivity contribution in [2.75, 3.05) is 25.1 Å². The highest BCUT2D eigenvalue weighted by atomic mass is 16.5. The largest absolute Gasteiger partial charge is 0.468 e. The van der Waals surface area contributed by atoms with Crippen molar-refractivity contribution in [3.8, 4) is 0 Å². The van der Waals surface area contributed by atoms with Crippen LogP contribution in [0, 0.1) is 5.92 Å². The minimum absolute atomic E-state index is 0.362. The number of anilines is 1. The second kappa shape index (κ2) is 6.75. The molecule has 1 aromatic rings. The number of methoxy groups -OCH3 is 1. The smallest absolute Gasteiger partial charge is 0.322 e. The zero-order valence-electron chi connectivity index (χ0n) is 12.3. The molecule has 0 bridgehead atoms. The number of nitrogens with zero attached hydrogens (tertiary/aromatic N) is 1. The van der Waals surface area contributed by atoms with Crippen LogP contribution in [0.4, 0.5) is 5.69 Å². The zero-order valence-corrected chi connectivity index (χ0v) is 12.3. The lowest BCUT2D eigenvalue weighted by molar-refractivity contribution is -0.142. The number of benzene rings is 1. The minimum atomic E-state index is -0.583. The molecule has 2 unspecified atom stereocenters. The third-order valence-corrected chi connectivity index (χ3v) is 3.92. The summed E-state index contributed by atoms with van der Waals surface area (Å²) >= 11 is 0. The van der Waals surface area contributed by atoms with Crippen LogP contribution in [0.2, 0.25) is 0 Å². The van der Waals surface area contributed by atoms with Crippen LogP contribution in [0.5, 0.6) is 0 Å². The first-order valence-electron chi connectivity index (χ1n) is 7.27. The summed E-state index contributed by atoms with van der Waals surface area (Å²) in [6, 6.07) is 7.77. The lowest BCUT2D eigenvalue weighted by Gasteiger charge is -2.32. The summed E-state index contributed by atoms with van der Waals surface area (Å²) in [4.78, 5) is 13.7. The van der Waals surface area contributed by atoms with E-state index in [0.29, 0.717) is 6.42 Å². The first kappa shape index (κ1) is 14.9. The average Bonchev–Trinajstić information content (AvgIpc) is 2.47. The van der Waals surface area contributed by atoms with Gasteiger partial charge in [-0.15, -0.1) is 0 Å². The molecule has 1 fully saturated rings. The lowest BCUT2D eigenvalue weighted by Crippen LogP contribution is -2.34. The first-order chi connectivity index (χ1) is 9.60. The SMILES string of the molecule is COC(=O)C(N)Cc1ccc(N2CCCC(C)C2)cc1. The number of rotatable bonds is 4. The van der Waals surface area contributed by atoms with E-state index in [1.54, 1.807) is 0 Å². The molecule has 1 aliphatic heterocycles. The molecule has 2 atom stereocenters. The second-order valence-electron chi connectivity index (χ2n) is 5.69. The Morgan fingerprint density at radius 3 is 2.75 bits per heavy atom. The zero-order chi connectivity index (χ0) is 14.5. The van der Waals surface area contributed by atoms with E-state index >= 15 is 0 Å². The highest BCUT2D eigenvalue weighted by Crippen LogP contribution is 2.23. The summed E-state index contributed by atoms with van der Waals surface area (Å²) in [7, 11) is 1.36. The molecule has 2 rings (SSSR count). The quantitative estimate of drug-likeness (QED) is 0.854. The summed E-state index contributed by atoms with van der Waals surface area (Å²) < 4.78 is 4.64. The van der Waals surface area contributed by atoms with Crippen LogP contribution in [0.25, 0.3) is 0 Å². The van der Waals surface area contributed by atoms with Gasteiger partial charge in [-0.2, -0.15) is 0 Å². The van der Waals surface area contributed by atoms with E-state index in [0.717, 1.165) is 24.6 Å². The Morgan fingerprint density at radius 2 is 2.15 bits per heavy atom. The molecule has 20 heavy (non-hydrogen) atoms. The number of hydrogen-bond acceptors (Lipinski definition) is 4. The van der Waals surface area contributed by atoms with Crippen LogP contribution in [0.1, 0.15) is 25.3 Å². The van der Waals surface area contributed by atoms with E-state index < -0.39 is 6.04 Å². The Bertz CT molecular complexity index is 444. The molecule has 0 amide bonds. The van der Waals surface area contributed by atoms with Gasteiger partial charge in [0.25, 0.3) is 0 Å². The second-order valence-corrected chi connectivity index (χ2v) is 5.69. The highest BCUT2D eigenvalue weighted by Gasteiger charge is 2.17. The van der Waals surface area contributed by atoms with Gasteiger partial charge >= 0.3 is 5.97 Å². The van der Waals surface area contributed by atoms with Gasteiger partial charge < -0.3 is 15.4 Å². The Hall–Kier alpha value is -1.55. The number of piperidine rings is 1. The fraction of sp³-hybridized carbons (Fsp3) is 0.562. The standard InChI is InChI=1S/C16H24N2O2/c1-12-4-3-9-18(11-12)14-7-5-13(6-8-14)10-15(17)16(19)20-2/h5-8,12,15H,3-4,9-11,17H2,1-2H3. The van der Waals surface area contributed by atoms with Gasteiger partial charge in [-0.1, -0.05) is 19.1 Å². The number of esters is 1. The Balaban J connectivity index is 1.97. The molecule has 1 saturated heterocycles. The summed E-state index contributed by atoms with van der Waals surface area (Å²) in [5, 5.41) is 0. The van der Waals surface area contributed by atoms with E-state index in [-0.39, 0.29) is 5.97 Å². The van der Waals surface area contributed by atoms with Crippen LogP contribution in [-0.4, -0.2) is 32.2 Å². The number of hydrogen-bond donors (Lipinski definition) is 1. The van der Waals surface area contributed by atoms with Crippen molar-refractivity contribution in [3.63, 3.8) is 0 Å². The van der Waals surface area contributed by atoms with Gasteiger partial charge in [0.05, 0.1) is 7.11 Å². The Morgan fingerprint density at radius 1 is 1.45 bits per heavy atom. The Kier molecular flexibility index (Phi) is 5.01. The van der Waals surface area contributed by atoms with Gasteiger partial charge in [-0.25, -0.2) is 0 Å². The van der Waals surface area contributed by atoms with Crippen molar-refractivity contribution in [1.82, 2.24) is 0 Å². The summed E-state index contributed by atoms with van der Waals surface area (Å²) in [5.41, 5.74) is 8.10. The predicted molar refractivity (Wildman–Crippen MR) is 80.7 cm³/mol. The van der Waals surface area contributed by atoms with E-state index in [1.807, 2.05) is 0 Å². The molecule has 1 heterocycles. The normalized spacial score (nSPS) is 20.6. The number of carbonyl (C=O) groups excluding carboxylic acids is 1. The Labute approximate surface area is 120 Å². The third-order valence-electron chi connectivity index (χ3n) is 3.92. The highest BCUT2D eigenvalue weighted by molar-refractivity contribution is 5.75. The van der Waals surface area contributed by atoms with Crippen molar-refractivity contribution in [2.24, 2.45) is 11.7 Å². The maximum Gasteiger partial charge on any atom is 0.322 e. The van der Waals surface area contributed by atoms with Crippen molar-refractivity contribution in [2.45, 2.75) is 32.2 Å². The molecule has 0 radical (unpaired) electrons. The fourth-order valence-electron chi connectivity index (χ4n) is 2.76. The molecule has 0 saturated carbocycles. The van der Waals surface area contributed by atoms with Crippen LogP contribution in [0.3, 0.4) is 0 Å². The van der Waals surface area contributed by atoms with Crippen LogP contribution in [-0.2, 0) is 16.0 Å². The van der Waals surface area contributed by atoms with E-state index in [9.17, 15) is 4.79 Å². The summed E-state index contributed by atoms with van der Waals surface area (Å²) in [5.74, 6) is 0.398. The maximum absolute atomic E-state index is 11.3. The number of carbonyl (C=O) groups is 1. The third kappa shape index (κ3) is 3.73. The summed E-state index contributed by atoms with van der Waals surface area (Å²) in [6.45, 7) is 4.56. The van der Waals surface area contributed by atoms with E-state index in [4.69, 9.17) is 5.73 Å². The van der Waals surface area contributed by atoms with Crippen LogP contribution >= 0.6 is 0 Å². The lowest BCUT2D eigenvalue weighted by atomic mass is 9.99. The van der Waals surface area contributed by atoms with Gasteiger partial charge in [0.1, 0.15) is 6.04 Å². The molecule has 110 valence electrons. The maximum atomic E-state index is 11.3. The molecule has 1 aromatic carbocycles. The molecule has 4 nitrogen and oxygen atoms in total. The molecule has 0 spiro atoms. The monoisotopic (exact) mass is 276 g/mol. The molecular weight excluding hydrogens is 252 g/mol. The molecule has 0 aliphatic carbocycles. The van der Waals surface area contributed by atoms with E-state index in [1.165, 1.54) is 25.6 Å². The molecule has 4 heteroatoms. The molecule has 0 aromatic heterocycles. The number of ether oxygens (including phenoxy) is 1. The molecule has 1 aliphatic rings. The van der Waals surface area contributed by atoms with Crippen molar-refractivity contribution >= 4 is 11.7 Å². The van der Waals surface area contributed by atoms with Crippen molar-refractivity contribution in [1.29, 1.82) is 0 Å². The van der Waals surface area contributed by atoms with Crippen LogP contribution < -0.4 is 10.6 Å². The summed E-state index contributed by atoms with van der Waals surface area (Å²) in [6.07, 6.45) is 3.10. The van der Waals surface area contributed by atoms with Crippen molar-refractivity contribution < 1.29 is 9.53 Å². The fourth-order valence-corrected chi connectivity index (χ4v) is 2.76. The average molecular weight is 276 g/mol. The molecular formula is C16H24N2O2. The molecule has 2 N–H and O–H groups in total.